The van der Waals surface area contributed by atoms with Crippen molar-refractivity contribution in [2.75, 3.05) is 39.5 Å². The van der Waals surface area contributed by atoms with Gasteiger partial charge in [0.15, 0.2) is 0 Å². The third kappa shape index (κ3) is 4.23. The third-order valence-corrected chi connectivity index (χ3v) is 7.33. The highest BCUT2D eigenvalue weighted by atomic mass is 16.5. The molecule has 2 unspecified atom stereocenters. The zero-order valence-electron chi connectivity index (χ0n) is 16.2. The number of piperidine rings is 1. The molecule has 0 amide bonds. The minimum Gasteiger partial charge on any atom is -0.381 e. The van der Waals surface area contributed by atoms with E-state index in [2.05, 4.69) is 16.7 Å². The highest BCUT2D eigenvalue weighted by Crippen LogP contribution is 2.35. The van der Waals surface area contributed by atoms with Gasteiger partial charge in [-0.25, -0.2) is 0 Å². The fourth-order valence-corrected chi connectivity index (χ4v) is 5.98. The molecular weight excluding hydrogens is 312 g/mol. The lowest BCUT2D eigenvalue weighted by Crippen LogP contribution is -2.58. The second kappa shape index (κ2) is 8.69. The molecule has 0 aromatic rings. The first-order valence-corrected chi connectivity index (χ1v) is 11.0. The van der Waals surface area contributed by atoms with E-state index >= 15 is 0 Å². The summed E-state index contributed by atoms with van der Waals surface area (Å²) in [6.07, 6.45) is 12.9. The molecule has 144 valence electrons. The summed E-state index contributed by atoms with van der Waals surface area (Å²) in [7, 11) is 0. The number of ether oxygens (including phenoxy) is 2. The van der Waals surface area contributed by atoms with E-state index in [1.165, 1.54) is 77.4 Å². The van der Waals surface area contributed by atoms with E-state index in [-0.39, 0.29) is 0 Å². The summed E-state index contributed by atoms with van der Waals surface area (Å²) in [5.41, 5.74) is 0. The van der Waals surface area contributed by atoms with Crippen LogP contribution in [0.3, 0.4) is 0 Å². The summed E-state index contributed by atoms with van der Waals surface area (Å²) < 4.78 is 11.7. The van der Waals surface area contributed by atoms with E-state index in [1.807, 2.05) is 0 Å². The molecule has 2 aliphatic carbocycles. The van der Waals surface area contributed by atoms with Gasteiger partial charge in [0, 0.05) is 37.9 Å². The van der Waals surface area contributed by atoms with Gasteiger partial charge in [-0.05, 0) is 70.9 Å². The molecular formula is C21H38N2O2. The summed E-state index contributed by atoms with van der Waals surface area (Å²) >= 11 is 0. The zero-order valence-corrected chi connectivity index (χ0v) is 16.2. The number of rotatable bonds is 5. The molecule has 2 saturated carbocycles. The first-order chi connectivity index (χ1) is 12.3. The summed E-state index contributed by atoms with van der Waals surface area (Å²) in [6, 6.07) is 2.37. The largest absolute Gasteiger partial charge is 0.381 e. The molecule has 2 saturated heterocycles. The molecule has 0 bridgehead atoms. The predicted octanol–water partition coefficient (Wildman–Crippen LogP) is 3.30. The van der Waals surface area contributed by atoms with Crippen LogP contribution in [0.1, 0.15) is 64.7 Å². The monoisotopic (exact) mass is 350 g/mol. The fraction of sp³-hybridized carbons (Fsp3) is 1.00. The molecule has 4 heteroatoms. The fourth-order valence-electron chi connectivity index (χ4n) is 5.98. The van der Waals surface area contributed by atoms with Crippen LogP contribution in [0.25, 0.3) is 0 Å². The molecule has 4 aliphatic rings. The normalized spacial score (nSPS) is 38.8. The second-order valence-electron chi connectivity index (χ2n) is 8.76. The molecule has 4 atom stereocenters. The van der Waals surface area contributed by atoms with Gasteiger partial charge in [0.1, 0.15) is 0 Å². The quantitative estimate of drug-likeness (QED) is 0.759. The number of morpholine rings is 1. The molecule has 0 aromatic carbocycles. The van der Waals surface area contributed by atoms with Crippen LogP contribution >= 0.6 is 0 Å². The maximum Gasteiger partial charge on any atom is 0.0731 e. The van der Waals surface area contributed by atoms with Crippen molar-refractivity contribution in [1.82, 2.24) is 9.80 Å². The maximum atomic E-state index is 6.09. The number of hydrogen-bond acceptors (Lipinski definition) is 4. The lowest BCUT2D eigenvalue weighted by molar-refractivity contribution is -0.109. The molecule has 0 aromatic heterocycles. The Balaban J connectivity index is 1.25. The molecule has 2 heterocycles. The molecule has 25 heavy (non-hydrogen) atoms. The Morgan fingerprint density at radius 2 is 1.76 bits per heavy atom. The van der Waals surface area contributed by atoms with Gasteiger partial charge in [0.25, 0.3) is 0 Å². The summed E-state index contributed by atoms with van der Waals surface area (Å²) in [5, 5.41) is 0. The van der Waals surface area contributed by atoms with Gasteiger partial charge in [0.05, 0.1) is 12.7 Å². The zero-order chi connectivity index (χ0) is 17.1. The highest BCUT2D eigenvalue weighted by Gasteiger charge is 2.39. The Hall–Kier alpha value is -0.160. The van der Waals surface area contributed by atoms with Crippen LogP contribution in [0.15, 0.2) is 0 Å². The molecule has 4 fully saturated rings. The van der Waals surface area contributed by atoms with Crippen LogP contribution in [0, 0.1) is 5.92 Å². The summed E-state index contributed by atoms with van der Waals surface area (Å²) in [6.45, 7) is 8.72. The predicted molar refractivity (Wildman–Crippen MR) is 101 cm³/mol. The van der Waals surface area contributed by atoms with Crippen molar-refractivity contribution in [2.45, 2.75) is 88.9 Å². The van der Waals surface area contributed by atoms with Crippen molar-refractivity contribution in [3.05, 3.63) is 0 Å². The SMILES string of the molecule is CCOCC1CCC(N2CCC(N3CCO[C@H]4CCCC[C@@H]43)CC2)C1. The molecule has 0 radical (unpaired) electrons. The van der Waals surface area contributed by atoms with Crippen molar-refractivity contribution in [1.29, 1.82) is 0 Å². The van der Waals surface area contributed by atoms with Gasteiger partial charge in [-0.2, -0.15) is 0 Å². The van der Waals surface area contributed by atoms with E-state index in [0.29, 0.717) is 6.10 Å². The van der Waals surface area contributed by atoms with Gasteiger partial charge < -0.3 is 14.4 Å². The van der Waals surface area contributed by atoms with E-state index in [4.69, 9.17) is 9.47 Å². The number of nitrogens with zero attached hydrogens (tertiary/aromatic N) is 2. The lowest BCUT2D eigenvalue weighted by Gasteiger charge is -2.49. The van der Waals surface area contributed by atoms with Crippen molar-refractivity contribution < 1.29 is 9.47 Å². The van der Waals surface area contributed by atoms with Gasteiger partial charge in [-0.1, -0.05) is 12.8 Å². The Morgan fingerprint density at radius 3 is 2.60 bits per heavy atom. The number of likely N-dealkylation sites (tertiary alicyclic amines) is 1. The maximum absolute atomic E-state index is 6.09. The molecule has 2 aliphatic heterocycles. The van der Waals surface area contributed by atoms with E-state index in [9.17, 15) is 0 Å². The Kier molecular flexibility index (Phi) is 6.33. The minimum atomic E-state index is 0.537. The van der Waals surface area contributed by atoms with Crippen molar-refractivity contribution >= 4 is 0 Å². The highest BCUT2D eigenvalue weighted by molar-refractivity contribution is 4.94. The van der Waals surface area contributed by atoms with Crippen LogP contribution in [0.4, 0.5) is 0 Å². The molecule has 0 N–H and O–H groups in total. The second-order valence-corrected chi connectivity index (χ2v) is 8.76. The first-order valence-electron chi connectivity index (χ1n) is 11.0. The Morgan fingerprint density at radius 1 is 0.920 bits per heavy atom. The van der Waals surface area contributed by atoms with E-state index < -0.39 is 0 Å². The van der Waals surface area contributed by atoms with Crippen LogP contribution in [0.2, 0.25) is 0 Å². The molecule has 4 nitrogen and oxygen atoms in total. The average molecular weight is 351 g/mol. The number of fused-ring (bicyclic) bond motifs is 1. The minimum absolute atomic E-state index is 0.537. The average Bonchev–Trinajstić information content (AvgIpc) is 3.15. The van der Waals surface area contributed by atoms with Crippen LogP contribution < -0.4 is 0 Å². The van der Waals surface area contributed by atoms with Crippen LogP contribution in [0.5, 0.6) is 0 Å². The standard InChI is InChI=1S/C21H38N2O2/c1-2-24-16-17-7-8-19(15-17)22-11-9-18(10-12-22)23-13-14-25-21-6-4-3-5-20(21)23/h17-21H,2-16H2,1H3/t17?,19?,20-,21-/m0/s1. The summed E-state index contributed by atoms with van der Waals surface area (Å²) in [4.78, 5) is 5.67. The van der Waals surface area contributed by atoms with E-state index in [0.717, 1.165) is 43.9 Å². The van der Waals surface area contributed by atoms with Crippen molar-refractivity contribution in [2.24, 2.45) is 5.92 Å². The van der Waals surface area contributed by atoms with Gasteiger partial charge in [0.2, 0.25) is 0 Å². The molecule has 4 rings (SSSR count). The van der Waals surface area contributed by atoms with Gasteiger partial charge in [-0.15, -0.1) is 0 Å². The van der Waals surface area contributed by atoms with Crippen molar-refractivity contribution in [3.63, 3.8) is 0 Å². The van der Waals surface area contributed by atoms with Crippen LogP contribution in [-0.4, -0.2) is 73.5 Å². The first kappa shape index (κ1) is 18.2. The third-order valence-electron chi connectivity index (χ3n) is 7.33. The van der Waals surface area contributed by atoms with Crippen molar-refractivity contribution in [3.8, 4) is 0 Å². The Bertz CT molecular complexity index is 409. The summed E-state index contributed by atoms with van der Waals surface area (Å²) in [5.74, 6) is 0.810. The smallest absolute Gasteiger partial charge is 0.0731 e. The number of hydrogen-bond donors (Lipinski definition) is 0. The Labute approximate surface area is 154 Å². The van der Waals surface area contributed by atoms with E-state index in [1.54, 1.807) is 0 Å². The lowest BCUT2D eigenvalue weighted by atomic mass is 9.87. The van der Waals surface area contributed by atoms with Gasteiger partial charge in [-0.3, -0.25) is 4.90 Å². The molecule has 0 spiro atoms. The van der Waals surface area contributed by atoms with Crippen LogP contribution in [-0.2, 0) is 9.47 Å². The topological polar surface area (TPSA) is 24.9 Å². The van der Waals surface area contributed by atoms with Gasteiger partial charge >= 0.3 is 0 Å².